The molecule has 0 atom stereocenters. The van der Waals surface area contributed by atoms with Gasteiger partial charge in [-0.2, -0.15) is 0 Å². The number of carbonyl (C=O) groups excluding carboxylic acids is 1. The summed E-state index contributed by atoms with van der Waals surface area (Å²) in [5.74, 6) is 1.10. The molecule has 1 rings (SSSR count). The van der Waals surface area contributed by atoms with E-state index in [0.717, 1.165) is 12.0 Å². The zero-order valence-electron chi connectivity index (χ0n) is 11.0. The third kappa shape index (κ3) is 5.68. The summed E-state index contributed by atoms with van der Waals surface area (Å²) in [6, 6.07) is 7.03. The molecule has 2 N–H and O–H groups in total. The highest BCUT2D eigenvalue weighted by atomic mass is 16.5. The molecule has 0 heterocycles. The van der Waals surface area contributed by atoms with E-state index in [2.05, 4.69) is 19.2 Å². The van der Waals surface area contributed by atoms with Crippen molar-refractivity contribution in [3.8, 4) is 5.75 Å². The highest BCUT2D eigenvalue weighted by Crippen LogP contribution is 2.11. The van der Waals surface area contributed by atoms with Gasteiger partial charge in [0.25, 0.3) is 5.91 Å². The highest BCUT2D eigenvalue weighted by molar-refractivity contribution is 5.77. The molecular formula is C14H21NO3. The van der Waals surface area contributed by atoms with Gasteiger partial charge >= 0.3 is 0 Å². The predicted molar refractivity (Wildman–Crippen MR) is 70.3 cm³/mol. The first-order valence-electron chi connectivity index (χ1n) is 6.21. The minimum Gasteiger partial charge on any atom is -0.484 e. The lowest BCUT2D eigenvalue weighted by Gasteiger charge is -2.09. The monoisotopic (exact) mass is 251 g/mol. The summed E-state index contributed by atoms with van der Waals surface area (Å²) < 4.78 is 5.33. The van der Waals surface area contributed by atoms with E-state index in [0.29, 0.717) is 18.2 Å². The fraction of sp³-hybridized carbons (Fsp3) is 0.500. The second-order valence-electron chi connectivity index (χ2n) is 4.62. The average Bonchev–Trinajstić information content (AvgIpc) is 2.36. The van der Waals surface area contributed by atoms with Crippen molar-refractivity contribution in [2.75, 3.05) is 13.2 Å². The van der Waals surface area contributed by atoms with Crippen molar-refractivity contribution in [1.29, 1.82) is 0 Å². The van der Waals surface area contributed by atoms with Gasteiger partial charge in [-0.1, -0.05) is 26.0 Å². The highest BCUT2D eigenvalue weighted by Gasteiger charge is 2.03. The number of benzene rings is 1. The van der Waals surface area contributed by atoms with Crippen LogP contribution in [0.15, 0.2) is 24.3 Å². The Hall–Kier alpha value is -1.55. The Labute approximate surface area is 108 Å². The van der Waals surface area contributed by atoms with E-state index in [4.69, 9.17) is 9.84 Å². The van der Waals surface area contributed by atoms with Gasteiger partial charge in [-0.05, 0) is 30.0 Å². The van der Waals surface area contributed by atoms with Crippen LogP contribution in [0.3, 0.4) is 0 Å². The number of amides is 1. The average molecular weight is 251 g/mol. The standard InChI is InChI=1S/C14H21NO3/c1-11(2)7-8-15-14(17)10-18-13-5-3-12(9-16)4-6-13/h3-6,11,16H,7-10H2,1-2H3,(H,15,17). The van der Waals surface area contributed by atoms with Crippen LogP contribution in [0.5, 0.6) is 5.75 Å². The number of nitrogens with one attached hydrogen (secondary N) is 1. The van der Waals surface area contributed by atoms with Crippen LogP contribution in [0.1, 0.15) is 25.8 Å². The number of hydrogen-bond donors (Lipinski definition) is 2. The molecule has 0 bridgehead atoms. The van der Waals surface area contributed by atoms with Crippen molar-refractivity contribution in [2.45, 2.75) is 26.9 Å². The number of rotatable bonds is 7. The third-order valence-electron chi connectivity index (χ3n) is 2.52. The Kier molecular flexibility index (Phi) is 6.22. The van der Waals surface area contributed by atoms with Gasteiger partial charge in [0.1, 0.15) is 5.75 Å². The van der Waals surface area contributed by atoms with E-state index in [1.165, 1.54) is 0 Å². The van der Waals surface area contributed by atoms with Crippen molar-refractivity contribution < 1.29 is 14.6 Å². The van der Waals surface area contributed by atoms with Crippen LogP contribution < -0.4 is 10.1 Å². The minimum absolute atomic E-state index is 0.00989. The third-order valence-corrected chi connectivity index (χ3v) is 2.52. The minimum atomic E-state index is -0.109. The van der Waals surface area contributed by atoms with Crippen LogP contribution in [-0.2, 0) is 11.4 Å². The summed E-state index contributed by atoms with van der Waals surface area (Å²) in [6.07, 6.45) is 0.969. The first kappa shape index (κ1) is 14.5. The molecule has 100 valence electrons. The number of aliphatic hydroxyl groups is 1. The van der Waals surface area contributed by atoms with Gasteiger partial charge in [0.2, 0.25) is 0 Å². The van der Waals surface area contributed by atoms with Crippen LogP contribution in [-0.4, -0.2) is 24.2 Å². The quantitative estimate of drug-likeness (QED) is 0.775. The van der Waals surface area contributed by atoms with E-state index in [9.17, 15) is 4.79 Å². The molecule has 1 aromatic rings. The Morgan fingerprint density at radius 1 is 1.33 bits per heavy atom. The van der Waals surface area contributed by atoms with Crippen molar-refractivity contribution in [3.05, 3.63) is 29.8 Å². The summed E-state index contributed by atoms with van der Waals surface area (Å²) in [7, 11) is 0. The van der Waals surface area contributed by atoms with Crippen molar-refractivity contribution in [1.82, 2.24) is 5.32 Å². The van der Waals surface area contributed by atoms with Crippen molar-refractivity contribution in [3.63, 3.8) is 0 Å². The molecule has 18 heavy (non-hydrogen) atoms. The molecule has 0 fully saturated rings. The molecular weight excluding hydrogens is 230 g/mol. The lowest BCUT2D eigenvalue weighted by Crippen LogP contribution is -2.30. The van der Waals surface area contributed by atoms with Gasteiger partial charge in [-0.3, -0.25) is 4.79 Å². The Morgan fingerprint density at radius 3 is 2.56 bits per heavy atom. The molecule has 0 saturated carbocycles. The molecule has 0 radical (unpaired) electrons. The summed E-state index contributed by atoms with van der Waals surface area (Å²) in [6.45, 7) is 4.95. The largest absolute Gasteiger partial charge is 0.484 e. The zero-order chi connectivity index (χ0) is 13.4. The summed E-state index contributed by atoms with van der Waals surface area (Å²) in [5, 5.41) is 11.7. The summed E-state index contributed by atoms with van der Waals surface area (Å²) >= 11 is 0. The van der Waals surface area contributed by atoms with Gasteiger partial charge in [0, 0.05) is 6.54 Å². The molecule has 0 spiro atoms. The topological polar surface area (TPSA) is 58.6 Å². The maximum Gasteiger partial charge on any atom is 0.257 e. The molecule has 4 nitrogen and oxygen atoms in total. The molecule has 0 aliphatic carbocycles. The van der Waals surface area contributed by atoms with E-state index >= 15 is 0 Å². The summed E-state index contributed by atoms with van der Waals surface area (Å²) in [5.41, 5.74) is 0.823. The smallest absolute Gasteiger partial charge is 0.257 e. The predicted octanol–water partition coefficient (Wildman–Crippen LogP) is 1.72. The molecule has 0 saturated heterocycles. The SMILES string of the molecule is CC(C)CCNC(=O)COc1ccc(CO)cc1. The normalized spacial score (nSPS) is 10.4. The first-order chi connectivity index (χ1) is 8.61. The van der Waals surface area contributed by atoms with Gasteiger partial charge in [-0.25, -0.2) is 0 Å². The van der Waals surface area contributed by atoms with Crippen molar-refractivity contribution >= 4 is 5.91 Å². The molecule has 4 heteroatoms. The van der Waals surface area contributed by atoms with E-state index in [1.54, 1.807) is 24.3 Å². The number of aliphatic hydroxyl groups excluding tert-OH is 1. The van der Waals surface area contributed by atoms with Crippen LogP contribution in [0.25, 0.3) is 0 Å². The number of ether oxygens (including phenoxy) is 1. The van der Waals surface area contributed by atoms with Crippen LogP contribution >= 0.6 is 0 Å². The second kappa shape index (κ2) is 7.71. The maximum atomic E-state index is 11.4. The van der Waals surface area contributed by atoms with Crippen molar-refractivity contribution in [2.24, 2.45) is 5.92 Å². The molecule has 0 aliphatic heterocycles. The molecule has 0 unspecified atom stereocenters. The van der Waals surface area contributed by atoms with Crippen LogP contribution in [0, 0.1) is 5.92 Å². The Morgan fingerprint density at radius 2 is 2.00 bits per heavy atom. The fourth-order valence-corrected chi connectivity index (χ4v) is 1.39. The molecule has 1 aromatic carbocycles. The van der Waals surface area contributed by atoms with Crippen LogP contribution in [0.4, 0.5) is 0 Å². The maximum absolute atomic E-state index is 11.4. The van der Waals surface area contributed by atoms with E-state index < -0.39 is 0 Å². The first-order valence-corrected chi connectivity index (χ1v) is 6.21. The number of hydrogen-bond acceptors (Lipinski definition) is 3. The molecule has 0 aliphatic rings. The lowest BCUT2D eigenvalue weighted by molar-refractivity contribution is -0.123. The fourth-order valence-electron chi connectivity index (χ4n) is 1.39. The van der Waals surface area contributed by atoms with Gasteiger partial charge < -0.3 is 15.2 Å². The zero-order valence-corrected chi connectivity index (χ0v) is 11.0. The van der Waals surface area contributed by atoms with Gasteiger partial charge in [0.15, 0.2) is 6.61 Å². The molecule has 0 aromatic heterocycles. The summed E-state index contributed by atoms with van der Waals surface area (Å²) in [4.78, 5) is 11.4. The number of carbonyl (C=O) groups is 1. The van der Waals surface area contributed by atoms with E-state index in [1.807, 2.05) is 0 Å². The lowest BCUT2D eigenvalue weighted by atomic mass is 10.1. The second-order valence-corrected chi connectivity index (χ2v) is 4.62. The Bertz CT molecular complexity index is 360. The Balaban J connectivity index is 2.24. The molecule has 1 amide bonds. The van der Waals surface area contributed by atoms with Crippen LogP contribution in [0.2, 0.25) is 0 Å². The van der Waals surface area contributed by atoms with E-state index in [-0.39, 0.29) is 19.1 Å². The van der Waals surface area contributed by atoms with Gasteiger partial charge in [-0.15, -0.1) is 0 Å². The van der Waals surface area contributed by atoms with Gasteiger partial charge in [0.05, 0.1) is 6.61 Å².